The van der Waals surface area contributed by atoms with Crippen molar-refractivity contribution in [3.63, 3.8) is 0 Å². The van der Waals surface area contributed by atoms with Gasteiger partial charge in [0.2, 0.25) is 0 Å². The van der Waals surface area contributed by atoms with Crippen LogP contribution in [0.15, 0.2) is 205 Å². The van der Waals surface area contributed by atoms with Gasteiger partial charge in [0.05, 0.1) is 5.69 Å². The lowest BCUT2D eigenvalue weighted by molar-refractivity contribution is 0.670. The zero-order valence-corrected chi connectivity index (χ0v) is 32.9. The van der Waals surface area contributed by atoms with Gasteiger partial charge in [-0.1, -0.05) is 146 Å². The van der Waals surface area contributed by atoms with Crippen LogP contribution in [0.4, 0.5) is 17.1 Å². The molecule has 0 saturated heterocycles. The molecule has 0 saturated carbocycles. The Hall–Kier alpha value is -6.98. The first-order valence-corrected chi connectivity index (χ1v) is 21.2. The Morgan fingerprint density at radius 3 is 1.84 bits per heavy atom. The van der Waals surface area contributed by atoms with E-state index in [9.17, 15) is 0 Å². The van der Waals surface area contributed by atoms with Gasteiger partial charge in [0.1, 0.15) is 11.2 Å². The standard InChI is InChI=1S/C54H33NOS2/c1-3-12-35(13-4-1)40-17-9-19-43-46-32-37(26-31-48(46)56-53(40)43)34-24-27-38(28-25-34)55(47-21-11-23-50-52(47)45-16-7-8-22-49(45)57-50)39-29-30-42-44-20-10-18-41(36-14-5-2-6-15-36)54(44)58-51(42)33-39/h1-33H. The van der Waals surface area contributed by atoms with Crippen LogP contribution in [0.25, 0.3) is 95.7 Å². The molecule has 0 fully saturated rings. The molecule has 272 valence electrons. The van der Waals surface area contributed by atoms with Gasteiger partial charge in [-0.05, 0) is 82.4 Å². The number of rotatable bonds is 6. The molecular formula is C54H33NOS2. The number of benzene rings is 9. The Morgan fingerprint density at radius 2 is 1.02 bits per heavy atom. The number of anilines is 3. The first-order valence-electron chi connectivity index (χ1n) is 19.6. The van der Waals surface area contributed by atoms with E-state index in [1.165, 1.54) is 57.2 Å². The number of para-hydroxylation sites is 1. The molecule has 4 heteroatoms. The summed E-state index contributed by atoms with van der Waals surface area (Å²) in [7, 11) is 0. The molecule has 3 heterocycles. The third-order valence-corrected chi connectivity index (χ3v) is 13.8. The van der Waals surface area contributed by atoms with E-state index in [1.54, 1.807) is 0 Å². The molecule has 58 heavy (non-hydrogen) atoms. The monoisotopic (exact) mass is 775 g/mol. The second kappa shape index (κ2) is 13.3. The van der Waals surface area contributed by atoms with Gasteiger partial charge in [0.25, 0.3) is 0 Å². The van der Waals surface area contributed by atoms with Gasteiger partial charge >= 0.3 is 0 Å². The van der Waals surface area contributed by atoms with Crippen LogP contribution in [0.3, 0.4) is 0 Å². The molecular weight excluding hydrogens is 743 g/mol. The van der Waals surface area contributed by atoms with Crippen LogP contribution < -0.4 is 4.90 Å². The van der Waals surface area contributed by atoms with E-state index in [0.29, 0.717) is 0 Å². The summed E-state index contributed by atoms with van der Waals surface area (Å²) >= 11 is 3.74. The quantitative estimate of drug-likeness (QED) is 0.167. The Kier molecular flexibility index (Phi) is 7.62. The summed E-state index contributed by atoms with van der Waals surface area (Å²) in [5.74, 6) is 0. The molecule has 0 amide bonds. The van der Waals surface area contributed by atoms with Crippen LogP contribution in [-0.2, 0) is 0 Å². The fourth-order valence-electron chi connectivity index (χ4n) is 8.77. The lowest BCUT2D eigenvalue weighted by Gasteiger charge is -2.27. The number of thiophene rings is 2. The van der Waals surface area contributed by atoms with Crippen LogP contribution >= 0.6 is 22.7 Å². The van der Waals surface area contributed by atoms with E-state index in [4.69, 9.17) is 4.42 Å². The maximum Gasteiger partial charge on any atom is 0.143 e. The number of nitrogens with zero attached hydrogens (tertiary/aromatic N) is 1. The van der Waals surface area contributed by atoms with Crippen molar-refractivity contribution < 1.29 is 4.42 Å². The minimum Gasteiger partial charge on any atom is -0.455 e. The predicted molar refractivity (Wildman–Crippen MR) is 250 cm³/mol. The van der Waals surface area contributed by atoms with E-state index in [1.807, 2.05) is 22.7 Å². The molecule has 0 aliphatic rings. The molecule has 0 radical (unpaired) electrons. The third kappa shape index (κ3) is 5.30. The topological polar surface area (TPSA) is 16.4 Å². The molecule has 0 N–H and O–H groups in total. The van der Waals surface area contributed by atoms with E-state index in [0.717, 1.165) is 55.6 Å². The van der Waals surface area contributed by atoms with Gasteiger partial charge in [0.15, 0.2) is 0 Å². The van der Waals surface area contributed by atoms with E-state index >= 15 is 0 Å². The summed E-state index contributed by atoms with van der Waals surface area (Å²) in [5.41, 5.74) is 12.3. The molecule has 0 aliphatic carbocycles. The highest BCUT2D eigenvalue weighted by atomic mass is 32.1. The van der Waals surface area contributed by atoms with Crippen LogP contribution in [0.5, 0.6) is 0 Å². The summed E-state index contributed by atoms with van der Waals surface area (Å²) in [5, 5.41) is 7.40. The summed E-state index contributed by atoms with van der Waals surface area (Å²) in [6.45, 7) is 0. The van der Waals surface area contributed by atoms with Crippen molar-refractivity contribution in [2.24, 2.45) is 0 Å². The molecule has 3 aromatic heterocycles. The molecule has 0 spiro atoms. The third-order valence-electron chi connectivity index (χ3n) is 11.5. The highest BCUT2D eigenvalue weighted by molar-refractivity contribution is 7.26. The van der Waals surface area contributed by atoms with Gasteiger partial charge < -0.3 is 9.32 Å². The SMILES string of the molecule is c1ccc(-c2cccc3c2oc2ccc(-c4ccc(N(c5ccc6c(c5)sc5c(-c7ccccc7)cccc56)c5cccc6sc7ccccc7c56)cc4)cc23)cc1. The predicted octanol–water partition coefficient (Wildman–Crippen LogP) is 16.8. The number of furan rings is 1. The van der Waals surface area contributed by atoms with Crippen LogP contribution in [-0.4, -0.2) is 0 Å². The highest BCUT2D eigenvalue weighted by Gasteiger charge is 2.21. The molecule has 9 aromatic carbocycles. The van der Waals surface area contributed by atoms with Crippen molar-refractivity contribution in [3.05, 3.63) is 200 Å². The number of fused-ring (bicyclic) bond motifs is 9. The molecule has 0 aliphatic heterocycles. The summed E-state index contributed by atoms with van der Waals surface area (Å²) in [4.78, 5) is 2.45. The average molecular weight is 776 g/mol. The fraction of sp³-hybridized carbons (Fsp3) is 0. The minimum atomic E-state index is 0.897. The molecule has 12 aromatic rings. The van der Waals surface area contributed by atoms with Gasteiger partial charge in [0, 0.05) is 68.1 Å². The number of hydrogen-bond acceptors (Lipinski definition) is 4. The summed E-state index contributed by atoms with van der Waals surface area (Å²) in [6.07, 6.45) is 0. The lowest BCUT2D eigenvalue weighted by atomic mass is 10.00. The van der Waals surface area contributed by atoms with Gasteiger partial charge in [-0.2, -0.15) is 0 Å². The van der Waals surface area contributed by atoms with Crippen molar-refractivity contribution in [2.45, 2.75) is 0 Å². The van der Waals surface area contributed by atoms with E-state index in [-0.39, 0.29) is 0 Å². The first kappa shape index (κ1) is 33.2. The van der Waals surface area contributed by atoms with Crippen molar-refractivity contribution in [2.75, 3.05) is 4.90 Å². The number of hydrogen-bond donors (Lipinski definition) is 0. The van der Waals surface area contributed by atoms with Crippen molar-refractivity contribution in [1.29, 1.82) is 0 Å². The first-order chi connectivity index (χ1) is 28.7. The minimum absolute atomic E-state index is 0.897. The second-order valence-corrected chi connectivity index (χ2v) is 17.0. The zero-order chi connectivity index (χ0) is 38.2. The maximum atomic E-state index is 6.51. The van der Waals surface area contributed by atoms with Crippen molar-refractivity contribution in [1.82, 2.24) is 0 Å². The molecule has 0 atom stereocenters. The second-order valence-electron chi connectivity index (χ2n) is 14.8. The Bertz CT molecular complexity index is 3500. The average Bonchev–Trinajstić information content (AvgIpc) is 3.98. The largest absolute Gasteiger partial charge is 0.455 e. The smallest absolute Gasteiger partial charge is 0.143 e. The zero-order valence-electron chi connectivity index (χ0n) is 31.2. The van der Waals surface area contributed by atoms with Gasteiger partial charge in [-0.15, -0.1) is 22.7 Å². The summed E-state index contributed by atoms with van der Waals surface area (Å²) < 4.78 is 11.7. The summed E-state index contributed by atoms with van der Waals surface area (Å²) in [6, 6.07) is 72.5. The van der Waals surface area contributed by atoms with E-state index in [2.05, 4.69) is 205 Å². The van der Waals surface area contributed by atoms with Crippen LogP contribution in [0.2, 0.25) is 0 Å². The molecule has 0 bridgehead atoms. The normalized spacial score (nSPS) is 11.8. The van der Waals surface area contributed by atoms with Crippen LogP contribution in [0, 0.1) is 0 Å². The van der Waals surface area contributed by atoms with Crippen LogP contribution in [0.1, 0.15) is 0 Å². The molecule has 0 unspecified atom stereocenters. The van der Waals surface area contributed by atoms with Gasteiger partial charge in [-0.3, -0.25) is 0 Å². The maximum absolute atomic E-state index is 6.51. The fourth-order valence-corrected chi connectivity index (χ4v) is 11.2. The molecule has 2 nitrogen and oxygen atoms in total. The van der Waals surface area contributed by atoms with Crippen molar-refractivity contribution >= 4 is 102 Å². The molecule has 12 rings (SSSR count). The Morgan fingerprint density at radius 1 is 0.362 bits per heavy atom. The lowest BCUT2D eigenvalue weighted by Crippen LogP contribution is -2.10. The Labute approximate surface area is 343 Å². The van der Waals surface area contributed by atoms with Gasteiger partial charge in [-0.25, -0.2) is 0 Å². The Balaban J connectivity index is 1.00. The van der Waals surface area contributed by atoms with Crippen molar-refractivity contribution in [3.8, 4) is 33.4 Å². The van der Waals surface area contributed by atoms with E-state index < -0.39 is 0 Å². The highest BCUT2D eigenvalue weighted by Crippen LogP contribution is 2.48.